The number of amides is 2. The molecule has 2 amide bonds. The van der Waals surface area contributed by atoms with Gasteiger partial charge in [-0.2, -0.15) is 0 Å². The van der Waals surface area contributed by atoms with Gasteiger partial charge in [0, 0.05) is 5.54 Å². The van der Waals surface area contributed by atoms with Crippen LogP contribution in [0.3, 0.4) is 0 Å². The van der Waals surface area contributed by atoms with E-state index in [0.717, 1.165) is 0 Å². The second-order valence-corrected chi connectivity index (χ2v) is 7.11. The van der Waals surface area contributed by atoms with E-state index in [2.05, 4.69) is 5.32 Å². The monoisotopic (exact) mass is 254 g/mol. The number of hydrogen-bond donors (Lipinski definition) is 1. The minimum atomic E-state index is -0.438. The maximum absolute atomic E-state index is 12.6. The molecular weight excluding hydrogens is 228 g/mol. The van der Waals surface area contributed by atoms with Crippen molar-refractivity contribution in [3.8, 4) is 0 Å². The van der Waals surface area contributed by atoms with E-state index in [1.165, 1.54) is 0 Å². The number of nitrogens with zero attached hydrogens (tertiary/aromatic N) is 1. The Labute approximate surface area is 110 Å². The molecule has 4 nitrogen and oxygen atoms in total. The van der Waals surface area contributed by atoms with E-state index in [4.69, 9.17) is 0 Å². The fourth-order valence-electron chi connectivity index (χ4n) is 2.46. The first-order chi connectivity index (χ1) is 8.00. The van der Waals surface area contributed by atoms with Crippen LogP contribution < -0.4 is 5.32 Å². The van der Waals surface area contributed by atoms with E-state index < -0.39 is 6.04 Å². The molecule has 1 N–H and O–H groups in total. The molecule has 1 rings (SSSR count). The standard InChI is InChI=1S/C14H26N2O2/c1-8-9-11(17)15-10(13(2,3)4)12(18)16(9)14(5,6)7/h9-10H,8H2,1-7H3,(H,15,17). The van der Waals surface area contributed by atoms with Crippen LogP contribution in [-0.4, -0.2) is 34.3 Å². The summed E-state index contributed by atoms with van der Waals surface area (Å²) in [6.07, 6.45) is 0.645. The smallest absolute Gasteiger partial charge is 0.246 e. The Morgan fingerprint density at radius 1 is 1.11 bits per heavy atom. The van der Waals surface area contributed by atoms with Crippen LogP contribution >= 0.6 is 0 Å². The first kappa shape index (κ1) is 15.0. The summed E-state index contributed by atoms with van der Waals surface area (Å²) in [6, 6.07) is -0.789. The Balaban J connectivity index is 3.18. The van der Waals surface area contributed by atoms with E-state index in [9.17, 15) is 9.59 Å². The average molecular weight is 254 g/mol. The van der Waals surface area contributed by atoms with E-state index in [1.807, 2.05) is 48.5 Å². The summed E-state index contributed by atoms with van der Waals surface area (Å²) in [4.78, 5) is 26.6. The fourth-order valence-corrected chi connectivity index (χ4v) is 2.46. The van der Waals surface area contributed by atoms with Gasteiger partial charge >= 0.3 is 0 Å². The maximum Gasteiger partial charge on any atom is 0.246 e. The van der Waals surface area contributed by atoms with Crippen molar-refractivity contribution < 1.29 is 9.59 Å². The molecule has 1 saturated heterocycles. The zero-order valence-corrected chi connectivity index (χ0v) is 12.6. The Hall–Kier alpha value is -1.06. The maximum atomic E-state index is 12.6. The van der Waals surface area contributed by atoms with Crippen molar-refractivity contribution in [2.75, 3.05) is 0 Å². The summed E-state index contributed by atoms with van der Waals surface area (Å²) in [5.74, 6) is -0.00611. The third-order valence-corrected chi connectivity index (χ3v) is 3.36. The molecule has 1 aliphatic heterocycles. The predicted molar refractivity (Wildman–Crippen MR) is 72.1 cm³/mol. The van der Waals surface area contributed by atoms with E-state index in [1.54, 1.807) is 4.90 Å². The third-order valence-electron chi connectivity index (χ3n) is 3.36. The van der Waals surface area contributed by atoms with Crippen molar-refractivity contribution in [1.82, 2.24) is 10.2 Å². The number of carbonyl (C=O) groups is 2. The van der Waals surface area contributed by atoms with Crippen molar-refractivity contribution >= 4 is 11.8 Å². The molecule has 0 aliphatic carbocycles. The van der Waals surface area contributed by atoms with Crippen molar-refractivity contribution in [2.45, 2.75) is 72.5 Å². The molecule has 0 bridgehead atoms. The van der Waals surface area contributed by atoms with Gasteiger partial charge in [-0.25, -0.2) is 0 Å². The van der Waals surface area contributed by atoms with Gasteiger partial charge in [-0.3, -0.25) is 9.59 Å². The van der Waals surface area contributed by atoms with Crippen LogP contribution in [0, 0.1) is 5.41 Å². The highest BCUT2D eigenvalue weighted by atomic mass is 16.2. The molecule has 0 aromatic heterocycles. The van der Waals surface area contributed by atoms with Crippen LogP contribution in [0.1, 0.15) is 54.9 Å². The highest BCUT2D eigenvalue weighted by Crippen LogP contribution is 2.30. The average Bonchev–Trinajstić information content (AvgIpc) is 2.16. The van der Waals surface area contributed by atoms with Crippen molar-refractivity contribution in [2.24, 2.45) is 5.41 Å². The zero-order valence-electron chi connectivity index (χ0n) is 12.6. The summed E-state index contributed by atoms with van der Waals surface area (Å²) >= 11 is 0. The van der Waals surface area contributed by atoms with Gasteiger partial charge in [0.25, 0.3) is 0 Å². The molecule has 0 radical (unpaired) electrons. The first-order valence-corrected chi connectivity index (χ1v) is 6.63. The van der Waals surface area contributed by atoms with Crippen LogP contribution in [0.15, 0.2) is 0 Å². The van der Waals surface area contributed by atoms with Crippen LogP contribution in [0.2, 0.25) is 0 Å². The van der Waals surface area contributed by atoms with Gasteiger partial charge in [0.05, 0.1) is 0 Å². The molecular formula is C14H26N2O2. The fraction of sp³-hybridized carbons (Fsp3) is 0.857. The number of nitrogens with one attached hydrogen (secondary N) is 1. The molecule has 1 heterocycles. The lowest BCUT2D eigenvalue weighted by atomic mass is 9.82. The lowest BCUT2D eigenvalue weighted by Gasteiger charge is -2.48. The number of rotatable bonds is 1. The van der Waals surface area contributed by atoms with Gasteiger partial charge in [-0.05, 0) is 32.6 Å². The summed E-state index contributed by atoms with van der Waals surface area (Å²) in [5, 5.41) is 2.88. The molecule has 18 heavy (non-hydrogen) atoms. The normalized spacial score (nSPS) is 26.3. The Morgan fingerprint density at radius 3 is 1.94 bits per heavy atom. The lowest BCUT2D eigenvalue weighted by molar-refractivity contribution is -0.158. The van der Waals surface area contributed by atoms with Crippen molar-refractivity contribution in [1.29, 1.82) is 0 Å². The number of piperazine rings is 1. The van der Waals surface area contributed by atoms with Crippen LogP contribution in [0.5, 0.6) is 0 Å². The van der Waals surface area contributed by atoms with Crippen LogP contribution in [0.25, 0.3) is 0 Å². The number of carbonyl (C=O) groups excluding carboxylic acids is 2. The van der Waals surface area contributed by atoms with E-state index in [-0.39, 0.29) is 28.8 Å². The Kier molecular flexibility index (Phi) is 3.80. The molecule has 0 saturated carbocycles. The first-order valence-electron chi connectivity index (χ1n) is 6.63. The minimum absolute atomic E-state index is 0.0291. The molecule has 0 spiro atoms. The van der Waals surface area contributed by atoms with Gasteiger partial charge in [-0.1, -0.05) is 27.7 Å². The van der Waals surface area contributed by atoms with Crippen LogP contribution in [0.4, 0.5) is 0 Å². The van der Waals surface area contributed by atoms with Gasteiger partial charge in [-0.15, -0.1) is 0 Å². The van der Waals surface area contributed by atoms with Crippen LogP contribution in [-0.2, 0) is 9.59 Å². The number of hydrogen-bond acceptors (Lipinski definition) is 2. The summed E-state index contributed by atoms with van der Waals surface area (Å²) < 4.78 is 0. The molecule has 1 aliphatic rings. The molecule has 0 aromatic rings. The van der Waals surface area contributed by atoms with E-state index >= 15 is 0 Å². The molecule has 2 atom stereocenters. The van der Waals surface area contributed by atoms with Gasteiger partial charge in [0.2, 0.25) is 11.8 Å². The Bertz CT molecular complexity index is 350. The summed E-state index contributed by atoms with van der Waals surface area (Å²) in [6.45, 7) is 13.8. The van der Waals surface area contributed by atoms with Gasteiger partial charge < -0.3 is 10.2 Å². The van der Waals surface area contributed by atoms with Crippen molar-refractivity contribution in [3.63, 3.8) is 0 Å². The molecule has 104 valence electrons. The third kappa shape index (κ3) is 2.68. The summed E-state index contributed by atoms with van der Waals surface area (Å²) in [7, 11) is 0. The molecule has 2 unspecified atom stereocenters. The molecule has 1 fully saturated rings. The largest absolute Gasteiger partial charge is 0.342 e. The molecule has 4 heteroatoms. The second-order valence-electron chi connectivity index (χ2n) is 7.11. The highest BCUT2D eigenvalue weighted by Gasteiger charge is 2.47. The predicted octanol–water partition coefficient (Wildman–Crippen LogP) is 1.94. The topological polar surface area (TPSA) is 49.4 Å². The quantitative estimate of drug-likeness (QED) is 0.777. The van der Waals surface area contributed by atoms with Gasteiger partial charge in [0.1, 0.15) is 12.1 Å². The minimum Gasteiger partial charge on any atom is -0.342 e. The SMILES string of the molecule is CCC1C(=O)NC(C(C)(C)C)C(=O)N1C(C)(C)C. The summed E-state index contributed by atoms with van der Waals surface area (Å²) in [5.41, 5.74) is -0.603. The van der Waals surface area contributed by atoms with Crippen molar-refractivity contribution in [3.05, 3.63) is 0 Å². The zero-order chi connectivity index (χ0) is 14.3. The lowest BCUT2D eigenvalue weighted by Crippen LogP contribution is -2.70. The van der Waals surface area contributed by atoms with Gasteiger partial charge in [0.15, 0.2) is 0 Å². The highest BCUT2D eigenvalue weighted by molar-refractivity contribution is 5.97. The molecule has 0 aromatic carbocycles. The van der Waals surface area contributed by atoms with E-state index in [0.29, 0.717) is 6.42 Å². The second kappa shape index (κ2) is 4.56. The Morgan fingerprint density at radius 2 is 1.61 bits per heavy atom.